The normalized spacial score (nSPS) is 17.4. The van der Waals surface area contributed by atoms with E-state index in [1.807, 2.05) is 25.1 Å². The van der Waals surface area contributed by atoms with Gasteiger partial charge in [-0.1, -0.05) is 182 Å². The summed E-state index contributed by atoms with van der Waals surface area (Å²) in [6, 6.07) is 42.3. The van der Waals surface area contributed by atoms with Gasteiger partial charge in [0.05, 0.1) is 19.3 Å². The lowest BCUT2D eigenvalue weighted by molar-refractivity contribution is 0.0750. The van der Waals surface area contributed by atoms with Crippen molar-refractivity contribution >= 4 is 37.4 Å². The minimum atomic E-state index is -2.73. The van der Waals surface area contributed by atoms with Gasteiger partial charge in [-0.3, -0.25) is 0 Å². The summed E-state index contributed by atoms with van der Waals surface area (Å²) in [5.41, 5.74) is 3.17. The second kappa shape index (κ2) is 16.1. The standard InChI is InChI=1S/C44H52O4Si2/c1-35(40(45)33-46-49(43(2,3)4,36-24-14-9-15-25-36)37-26-16-10-17-27-37)23-13-8-22-32-41-42(48-41)34-47-50(44(5,6)7,38-28-18-11-19-29-38)39-30-20-12-21-31-39/h8-12,14-21,23-31,35,40-42,45H,33-34H2,1-7H3. The lowest BCUT2D eigenvalue weighted by atomic mass is 10.1. The van der Waals surface area contributed by atoms with E-state index < -0.39 is 22.7 Å². The molecule has 4 unspecified atom stereocenters. The Balaban J connectivity index is 1.22. The van der Waals surface area contributed by atoms with E-state index in [4.69, 9.17) is 13.6 Å². The number of epoxide rings is 1. The van der Waals surface area contributed by atoms with Gasteiger partial charge < -0.3 is 18.7 Å². The van der Waals surface area contributed by atoms with Crippen LogP contribution in [0.15, 0.2) is 139 Å². The molecule has 1 N–H and O–H groups in total. The van der Waals surface area contributed by atoms with Gasteiger partial charge in [0.1, 0.15) is 12.2 Å². The van der Waals surface area contributed by atoms with Crippen LogP contribution in [0.5, 0.6) is 0 Å². The molecule has 0 saturated carbocycles. The third-order valence-electron chi connectivity index (χ3n) is 9.70. The number of hydrogen-bond donors (Lipinski definition) is 1. The highest BCUT2D eigenvalue weighted by Crippen LogP contribution is 2.38. The minimum absolute atomic E-state index is 0.0686. The van der Waals surface area contributed by atoms with Crippen molar-refractivity contribution in [2.24, 2.45) is 5.92 Å². The molecule has 4 atom stereocenters. The van der Waals surface area contributed by atoms with Gasteiger partial charge in [-0.05, 0) is 36.9 Å². The number of ether oxygens (including phenoxy) is 1. The van der Waals surface area contributed by atoms with Crippen LogP contribution in [0.25, 0.3) is 0 Å². The van der Waals surface area contributed by atoms with Crippen molar-refractivity contribution < 1.29 is 18.7 Å². The molecule has 1 fully saturated rings. The van der Waals surface area contributed by atoms with Crippen LogP contribution in [-0.2, 0) is 13.6 Å². The molecule has 0 radical (unpaired) electrons. The van der Waals surface area contributed by atoms with E-state index in [0.717, 1.165) is 0 Å². The molecular formula is C44H52O4Si2. The molecular weight excluding hydrogens is 649 g/mol. The molecule has 1 heterocycles. The first kappa shape index (κ1) is 37.5. The first-order valence-corrected chi connectivity index (χ1v) is 21.5. The summed E-state index contributed by atoms with van der Waals surface area (Å²) >= 11 is 0. The average Bonchev–Trinajstić information content (AvgIpc) is 3.87. The summed E-state index contributed by atoms with van der Waals surface area (Å²) in [6.07, 6.45) is 2.63. The molecule has 260 valence electrons. The molecule has 5 rings (SSSR count). The van der Waals surface area contributed by atoms with Gasteiger partial charge >= 0.3 is 0 Å². The maximum atomic E-state index is 11.2. The van der Waals surface area contributed by atoms with Crippen molar-refractivity contribution in [3.8, 4) is 11.8 Å². The average molecular weight is 701 g/mol. The summed E-state index contributed by atoms with van der Waals surface area (Å²) in [5, 5.41) is 15.9. The van der Waals surface area contributed by atoms with Crippen molar-refractivity contribution in [1.82, 2.24) is 0 Å². The number of aliphatic hydroxyl groups excluding tert-OH is 1. The summed E-state index contributed by atoms with van der Waals surface area (Å²) in [7, 11) is -5.35. The van der Waals surface area contributed by atoms with Crippen molar-refractivity contribution in [3.05, 3.63) is 139 Å². The molecule has 6 heteroatoms. The van der Waals surface area contributed by atoms with Crippen LogP contribution < -0.4 is 20.7 Å². The van der Waals surface area contributed by atoms with Crippen LogP contribution in [0, 0.1) is 17.8 Å². The number of rotatable bonds is 12. The van der Waals surface area contributed by atoms with E-state index in [2.05, 4.69) is 168 Å². The van der Waals surface area contributed by atoms with E-state index in [-0.39, 0.29) is 34.8 Å². The zero-order valence-electron chi connectivity index (χ0n) is 30.6. The van der Waals surface area contributed by atoms with E-state index in [1.165, 1.54) is 20.7 Å². The molecule has 0 aliphatic carbocycles. The van der Waals surface area contributed by atoms with Crippen LogP contribution in [0.3, 0.4) is 0 Å². The number of hydrogen-bond acceptors (Lipinski definition) is 4. The monoisotopic (exact) mass is 700 g/mol. The second-order valence-corrected chi connectivity index (χ2v) is 23.8. The SMILES string of the molecule is CC(C=C=CC#CC1OC1CO[Si](c1ccccc1)(c1ccccc1)C(C)(C)C)C(O)CO[Si](c1ccccc1)(c1ccccc1)C(C)(C)C. The van der Waals surface area contributed by atoms with E-state index in [0.29, 0.717) is 6.61 Å². The zero-order valence-corrected chi connectivity index (χ0v) is 32.6. The van der Waals surface area contributed by atoms with Crippen molar-refractivity contribution in [3.63, 3.8) is 0 Å². The lowest BCUT2D eigenvalue weighted by Gasteiger charge is -2.43. The number of benzene rings is 4. The van der Waals surface area contributed by atoms with Crippen molar-refractivity contribution in [1.29, 1.82) is 0 Å². The fraction of sp³-hybridized carbons (Fsp3) is 0.341. The molecule has 1 aliphatic heterocycles. The van der Waals surface area contributed by atoms with E-state index in [9.17, 15) is 5.11 Å². The summed E-state index contributed by atoms with van der Waals surface area (Å²) < 4.78 is 19.9. The van der Waals surface area contributed by atoms with Crippen LogP contribution >= 0.6 is 0 Å². The maximum absolute atomic E-state index is 11.2. The smallest absolute Gasteiger partial charge is 0.261 e. The van der Waals surface area contributed by atoms with Gasteiger partial charge in [-0.2, -0.15) is 0 Å². The van der Waals surface area contributed by atoms with Gasteiger partial charge in [0.15, 0.2) is 0 Å². The predicted octanol–water partition coefficient (Wildman–Crippen LogP) is 6.62. The highest BCUT2D eigenvalue weighted by atomic mass is 28.4. The second-order valence-electron chi connectivity index (χ2n) is 15.2. The number of aliphatic hydroxyl groups is 1. The topological polar surface area (TPSA) is 51.2 Å². The highest BCUT2D eigenvalue weighted by molar-refractivity contribution is 7.00. The van der Waals surface area contributed by atoms with Crippen LogP contribution in [0.1, 0.15) is 48.5 Å². The fourth-order valence-electron chi connectivity index (χ4n) is 6.97. The molecule has 4 aromatic rings. The van der Waals surface area contributed by atoms with Crippen molar-refractivity contribution in [2.45, 2.75) is 76.9 Å². The molecule has 0 amide bonds. The molecule has 1 saturated heterocycles. The van der Waals surface area contributed by atoms with E-state index >= 15 is 0 Å². The summed E-state index contributed by atoms with van der Waals surface area (Å²) in [6.45, 7) is 16.3. The molecule has 1 aliphatic rings. The van der Waals surface area contributed by atoms with Gasteiger partial charge in [0.25, 0.3) is 16.6 Å². The van der Waals surface area contributed by atoms with Crippen LogP contribution in [0.4, 0.5) is 0 Å². The Morgan fingerprint density at radius 1 is 0.680 bits per heavy atom. The quantitative estimate of drug-likeness (QED) is 0.0782. The Kier molecular flexibility index (Phi) is 12.0. The van der Waals surface area contributed by atoms with Gasteiger partial charge in [-0.15, -0.1) is 5.73 Å². The fourth-order valence-corrected chi connectivity index (χ4v) is 16.1. The molecule has 4 aromatic carbocycles. The maximum Gasteiger partial charge on any atom is 0.261 e. The molecule has 0 spiro atoms. The zero-order chi connectivity index (χ0) is 35.8. The molecule has 50 heavy (non-hydrogen) atoms. The van der Waals surface area contributed by atoms with Gasteiger partial charge in [0, 0.05) is 12.0 Å². The first-order chi connectivity index (χ1) is 23.9. The molecule has 4 nitrogen and oxygen atoms in total. The summed E-state index contributed by atoms with van der Waals surface area (Å²) in [5.74, 6) is 6.12. The Hall–Kier alpha value is -3.77. The lowest BCUT2D eigenvalue weighted by Crippen LogP contribution is -2.67. The van der Waals surface area contributed by atoms with Crippen LogP contribution in [0.2, 0.25) is 10.1 Å². The Labute approximate surface area is 302 Å². The van der Waals surface area contributed by atoms with Gasteiger partial charge in [-0.25, -0.2) is 0 Å². The molecule has 0 aromatic heterocycles. The molecule has 0 bridgehead atoms. The Morgan fingerprint density at radius 3 is 1.48 bits per heavy atom. The minimum Gasteiger partial charge on any atom is -0.405 e. The highest BCUT2D eigenvalue weighted by Gasteiger charge is 2.52. The predicted molar refractivity (Wildman–Crippen MR) is 211 cm³/mol. The first-order valence-electron chi connectivity index (χ1n) is 17.7. The third-order valence-corrected chi connectivity index (χ3v) is 19.7. The van der Waals surface area contributed by atoms with Gasteiger partial charge in [0.2, 0.25) is 0 Å². The Morgan fingerprint density at radius 2 is 1.08 bits per heavy atom. The summed E-state index contributed by atoms with van der Waals surface area (Å²) in [4.78, 5) is 0. The van der Waals surface area contributed by atoms with E-state index in [1.54, 1.807) is 6.08 Å². The Bertz CT molecular complexity index is 1700. The van der Waals surface area contributed by atoms with Crippen molar-refractivity contribution in [2.75, 3.05) is 13.2 Å². The van der Waals surface area contributed by atoms with Crippen LogP contribution in [-0.4, -0.2) is 53.3 Å². The largest absolute Gasteiger partial charge is 0.405 e. The third kappa shape index (κ3) is 8.23.